The van der Waals surface area contributed by atoms with Gasteiger partial charge in [-0.25, -0.2) is 0 Å². The van der Waals surface area contributed by atoms with Crippen LogP contribution >= 0.6 is 0 Å². The van der Waals surface area contributed by atoms with E-state index in [1.807, 2.05) is 19.9 Å². The Balaban J connectivity index is 2.07. The maximum Gasteiger partial charge on any atom is 0.430 e. The van der Waals surface area contributed by atoms with Gasteiger partial charge < -0.3 is 19.3 Å². The highest BCUT2D eigenvalue weighted by atomic mass is 19.4. The largest absolute Gasteiger partial charge is 0.430 e. The first-order valence-electron chi connectivity index (χ1n) is 11.3. The van der Waals surface area contributed by atoms with Crippen LogP contribution < -0.4 is 0 Å². The predicted octanol–water partition coefficient (Wildman–Crippen LogP) is 4.99. The summed E-state index contributed by atoms with van der Waals surface area (Å²) in [4.78, 5) is 14.3. The second-order valence-corrected chi connectivity index (χ2v) is 8.93. The summed E-state index contributed by atoms with van der Waals surface area (Å²) >= 11 is 0. The van der Waals surface area contributed by atoms with Crippen molar-refractivity contribution in [3.63, 3.8) is 0 Å². The first-order chi connectivity index (χ1) is 17.1. The maximum absolute atomic E-state index is 13.3. The summed E-state index contributed by atoms with van der Waals surface area (Å²) < 4.78 is 86.4. The average Bonchev–Trinajstić information content (AvgIpc) is 3.16. The highest BCUT2D eigenvalue weighted by molar-refractivity contribution is 6.01. The highest BCUT2D eigenvalue weighted by Gasteiger charge is 2.71. The number of benzene rings is 1. The van der Waals surface area contributed by atoms with Crippen LogP contribution in [0.4, 0.5) is 26.3 Å². The van der Waals surface area contributed by atoms with Gasteiger partial charge in [0.1, 0.15) is 11.6 Å². The third-order valence-corrected chi connectivity index (χ3v) is 6.22. The van der Waals surface area contributed by atoms with Crippen LogP contribution in [0.2, 0.25) is 0 Å². The van der Waals surface area contributed by atoms with Crippen molar-refractivity contribution in [3.05, 3.63) is 58.4 Å². The highest BCUT2D eigenvalue weighted by Crippen LogP contribution is 2.50. The summed E-state index contributed by atoms with van der Waals surface area (Å²) in [7, 11) is 0. The molecule has 12 heteroatoms. The van der Waals surface area contributed by atoms with Gasteiger partial charge in [-0.05, 0) is 42.7 Å². The molecule has 1 aliphatic heterocycles. The molecular formula is C25H25F6N3O3. The van der Waals surface area contributed by atoms with Gasteiger partial charge in [0, 0.05) is 35.7 Å². The Bertz CT molecular complexity index is 1200. The van der Waals surface area contributed by atoms with E-state index in [1.165, 1.54) is 11.0 Å². The molecule has 0 radical (unpaired) electrons. The molecule has 1 fully saturated rings. The van der Waals surface area contributed by atoms with Crippen molar-refractivity contribution in [3.8, 4) is 11.8 Å². The SMILES string of the molecule is Cc1c(/C=C(\C#N)C(=O)N2CCOCC2)cc(C(C)C)n1-c1ccc(C(O)(C(F)(F)F)C(F)(F)F)cc1. The number of amides is 1. The Labute approximate surface area is 209 Å². The van der Waals surface area contributed by atoms with E-state index in [0.717, 1.165) is 12.1 Å². The van der Waals surface area contributed by atoms with Gasteiger partial charge >= 0.3 is 12.4 Å². The first-order valence-corrected chi connectivity index (χ1v) is 11.3. The van der Waals surface area contributed by atoms with Crippen LogP contribution in [0.25, 0.3) is 11.8 Å². The number of carbonyl (C=O) groups is 1. The molecule has 1 aromatic carbocycles. The summed E-state index contributed by atoms with van der Waals surface area (Å²) in [5.41, 5.74) is -4.61. The molecule has 37 heavy (non-hydrogen) atoms. The van der Waals surface area contributed by atoms with Crippen LogP contribution in [0.5, 0.6) is 0 Å². The van der Waals surface area contributed by atoms with Crippen molar-refractivity contribution in [2.45, 2.75) is 44.6 Å². The van der Waals surface area contributed by atoms with Gasteiger partial charge in [0.2, 0.25) is 0 Å². The van der Waals surface area contributed by atoms with Crippen LogP contribution in [0, 0.1) is 18.3 Å². The van der Waals surface area contributed by atoms with Crippen molar-refractivity contribution < 1.29 is 41.0 Å². The van der Waals surface area contributed by atoms with Gasteiger partial charge in [-0.15, -0.1) is 0 Å². The van der Waals surface area contributed by atoms with E-state index in [4.69, 9.17) is 4.74 Å². The number of rotatable bonds is 5. The van der Waals surface area contributed by atoms with Crippen LogP contribution in [-0.2, 0) is 15.1 Å². The van der Waals surface area contributed by atoms with E-state index in [-0.39, 0.29) is 17.2 Å². The zero-order valence-corrected chi connectivity index (χ0v) is 20.2. The van der Waals surface area contributed by atoms with Gasteiger partial charge in [-0.2, -0.15) is 31.6 Å². The minimum atomic E-state index is -5.99. The fourth-order valence-corrected chi connectivity index (χ4v) is 4.14. The number of morpholine rings is 1. The van der Waals surface area contributed by atoms with E-state index < -0.39 is 29.4 Å². The van der Waals surface area contributed by atoms with Gasteiger partial charge in [0.15, 0.2) is 0 Å². The molecule has 1 aromatic heterocycles. The predicted molar refractivity (Wildman–Crippen MR) is 122 cm³/mol. The Morgan fingerprint density at radius 1 is 1.08 bits per heavy atom. The number of nitriles is 1. The summed E-state index contributed by atoms with van der Waals surface area (Å²) in [5, 5.41) is 19.3. The van der Waals surface area contributed by atoms with Crippen molar-refractivity contribution in [1.29, 1.82) is 5.26 Å². The fourth-order valence-electron chi connectivity index (χ4n) is 4.14. The summed E-state index contributed by atoms with van der Waals surface area (Å²) in [5.74, 6) is -0.602. The second kappa shape index (κ2) is 10.2. The van der Waals surface area contributed by atoms with Crippen molar-refractivity contribution in [2.24, 2.45) is 0 Å². The van der Waals surface area contributed by atoms with Crippen LogP contribution in [0.1, 0.15) is 42.3 Å². The van der Waals surface area contributed by atoms with Crippen LogP contribution in [0.3, 0.4) is 0 Å². The third-order valence-electron chi connectivity index (χ3n) is 6.22. The zero-order chi connectivity index (χ0) is 27.8. The van der Waals surface area contributed by atoms with Crippen LogP contribution in [-0.4, -0.2) is 59.1 Å². The molecule has 1 N–H and O–H groups in total. The van der Waals surface area contributed by atoms with E-state index >= 15 is 0 Å². The molecule has 3 rings (SSSR count). The molecule has 1 saturated heterocycles. The molecule has 0 unspecified atom stereocenters. The quantitative estimate of drug-likeness (QED) is 0.337. The van der Waals surface area contributed by atoms with Crippen molar-refractivity contribution >= 4 is 12.0 Å². The number of hydrogen-bond donors (Lipinski definition) is 1. The number of ether oxygens (including phenoxy) is 1. The molecule has 0 bridgehead atoms. The number of nitrogens with zero attached hydrogens (tertiary/aromatic N) is 3. The lowest BCUT2D eigenvalue weighted by Gasteiger charge is -2.32. The zero-order valence-electron chi connectivity index (χ0n) is 20.2. The molecule has 0 atom stereocenters. The van der Waals surface area contributed by atoms with Crippen molar-refractivity contribution in [2.75, 3.05) is 26.3 Å². The number of alkyl halides is 6. The summed E-state index contributed by atoms with van der Waals surface area (Å²) in [6.07, 6.45) is -10.6. The van der Waals surface area contributed by atoms with Gasteiger partial charge in [0.25, 0.3) is 11.5 Å². The Morgan fingerprint density at radius 2 is 1.62 bits per heavy atom. The molecule has 0 spiro atoms. The molecule has 2 aromatic rings. The lowest BCUT2D eigenvalue weighted by Crippen LogP contribution is -2.53. The van der Waals surface area contributed by atoms with Gasteiger partial charge in [-0.3, -0.25) is 4.79 Å². The molecular weight excluding hydrogens is 504 g/mol. The summed E-state index contributed by atoms with van der Waals surface area (Å²) in [6.45, 7) is 6.71. The van der Waals surface area contributed by atoms with E-state index in [1.54, 1.807) is 17.6 Å². The van der Waals surface area contributed by atoms with E-state index in [2.05, 4.69) is 0 Å². The Hall–Kier alpha value is -3.30. The molecule has 2 heterocycles. The average molecular weight is 529 g/mol. The molecule has 0 saturated carbocycles. The first kappa shape index (κ1) is 28.3. The number of halogens is 6. The topological polar surface area (TPSA) is 78.5 Å². The minimum absolute atomic E-state index is 0.117. The normalized spacial score (nSPS) is 15.7. The second-order valence-electron chi connectivity index (χ2n) is 8.93. The number of hydrogen-bond acceptors (Lipinski definition) is 4. The van der Waals surface area contributed by atoms with Crippen LogP contribution in [0.15, 0.2) is 35.9 Å². The molecule has 200 valence electrons. The minimum Gasteiger partial charge on any atom is -0.378 e. The lowest BCUT2D eigenvalue weighted by atomic mass is 9.92. The van der Waals surface area contributed by atoms with Gasteiger partial charge in [-0.1, -0.05) is 26.0 Å². The monoisotopic (exact) mass is 529 g/mol. The fraction of sp³-hybridized carbons (Fsp3) is 0.440. The van der Waals surface area contributed by atoms with E-state index in [9.17, 15) is 41.5 Å². The molecule has 6 nitrogen and oxygen atoms in total. The smallest absolute Gasteiger partial charge is 0.378 e. The Kier molecular flexibility index (Phi) is 7.81. The van der Waals surface area contributed by atoms with Gasteiger partial charge in [0.05, 0.1) is 13.2 Å². The molecule has 0 aliphatic carbocycles. The maximum atomic E-state index is 13.3. The third kappa shape index (κ3) is 5.24. The number of carbonyl (C=O) groups excluding carboxylic acids is 1. The van der Waals surface area contributed by atoms with Crippen molar-refractivity contribution in [1.82, 2.24) is 9.47 Å². The number of aliphatic hydroxyl groups is 1. The molecule has 1 amide bonds. The standard InChI is InChI=1S/C25H25F6N3O3/c1-15(2)21-13-17(12-18(14-32)22(35)33-8-10-37-11-9-33)16(3)34(21)20-6-4-19(5-7-20)23(36,24(26,27)28)25(29,30)31/h4-7,12-13,15,36H,8-11H2,1-3H3/b18-12+. The lowest BCUT2D eigenvalue weighted by molar-refractivity contribution is -0.376. The Morgan fingerprint density at radius 3 is 2.08 bits per heavy atom. The van der Waals surface area contributed by atoms with E-state index in [0.29, 0.717) is 55.4 Å². The summed E-state index contributed by atoms with van der Waals surface area (Å²) in [6, 6.07) is 6.87. The molecule has 1 aliphatic rings. The number of aromatic nitrogens is 1.